The Balaban J connectivity index is 1.88. The number of hydrogen-bond donors (Lipinski definition) is 4. The number of carboxylic acid groups (broad SMARTS) is 1. The number of nitrogens with two attached hydrogens (primary N) is 1. The van der Waals surface area contributed by atoms with Crippen molar-refractivity contribution in [3.8, 4) is 16.9 Å². The lowest BCUT2D eigenvalue weighted by Gasteiger charge is -2.15. The summed E-state index contributed by atoms with van der Waals surface area (Å²) in [4.78, 5) is 25.3. The van der Waals surface area contributed by atoms with Crippen LogP contribution < -0.4 is 15.8 Å². The number of carboxylic acids is 1. The molecule has 0 saturated carbocycles. The Kier molecular flexibility index (Phi) is 5.78. The number of nitrogen functional groups attached to an aromatic ring is 1. The van der Waals surface area contributed by atoms with Crippen molar-refractivity contribution in [3.63, 3.8) is 0 Å². The van der Waals surface area contributed by atoms with E-state index < -0.39 is 11.9 Å². The van der Waals surface area contributed by atoms with Gasteiger partial charge in [0.1, 0.15) is 11.6 Å². The molecule has 0 radical (unpaired) electrons. The number of fused-ring (bicyclic) bond motifs is 1. The van der Waals surface area contributed by atoms with Crippen molar-refractivity contribution in [3.05, 3.63) is 95.6 Å². The van der Waals surface area contributed by atoms with Crippen LogP contribution in [0.4, 0.5) is 5.69 Å². The quantitative estimate of drug-likeness (QED) is 0.255. The summed E-state index contributed by atoms with van der Waals surface area (Å²) < 4.78 is 5.47. The smallest absolute Gasteiger partial charge is 0.336 e. The molecule has 0 spiro atoms. The van der Waals surface area contributed by atoms with Gasteiger partial charge in [-0.2, -0.15) is 0 Å². The van der Waals surface area contributed by atoms with Gasteiger partial charge in [-0.25, -0.2) is 4.79 Å². The zero-order valence-corrected chi connectivity index (χ0v) is 17.8. The van der Waals surface area contributed by atoms with Crippen molar-refractivity contribution in [1.82, 2.24) is 0 Å². The number of methoxy groups -OCH3 is 1. The highest BCUT2D eigenvalue weighted by molar-refractivity contribution is 6.13. The summed E-state index contributed by atoms with van der Waals surface area (Å²) in [6.07, 6.45) is 0. The number of rotatable bonds is 6. The lowest BCUT2D eigenvalue weighted by molar-refractivity contribution is 0.0697. The average molecular weight is 439 g/mol. The van der Waals surface area contributed by atoms with Gasteiger partial charge in [0.05, 0.1) is 12.7 Å². The van der Waals surface area contributed by atoms with Gasteiger partial charge in [0.15, 0.2) is 0 Å². The largest absolute Gasteiger partial charge is 0.496 e. The van der Waals surface area contributed by atoms with Crippen LogP contribution in [0.3, 0.4) is 0 Å². The summed E-state index contributed by atoms with van der Waals surface area (Å²) in [6.45, 7) is 0. The van der Waals surface area contributed by atoms with Crippen molar-refractivity contribution >= 4 is 34.2 Å². The molecule has 0 bridgehead atoms. The van der Waals surface area contributed by atoms with Crippen LogP contribution >= 0.6 is 0 Å². The maximum absolute atomic E-state index is 13.4. The average Bonchev–Trinajstić information content (AvgIpc) is 2.83. The van der Waals surface area contributed by atoms with Crippen LogP contribution in [0.5, 0.6) is 5.75 Å². The van der Waals surface area contributed by atoms with Crippen molar-refractivity contribution in [2.75, 3.05) is 12.4 Å². The first-order valence-electron chi connectivity index (χ1n) is 10.1. The molecule has 4 aromatic carbocycles. The molecule has 4 aromatic rings. The summed E-state index contributed by atoms with van der Waals surface area (Å²) in [7, 11) is 1.55. The Bertz CT molecular complexity index is 1390. The van der Waals surface area contributed by atoms with Gasteiger partial charge in [0.2, 0.25) is 0 Å². The lowest BCUT2D eigenvalue weighted by Crippen LogP contribution is -2.15. The molecule has 164 valence electrons. The van der Waals surface area contributed by atoms with Gasteiger partial charge in [-0.1, -0.05) is 30.3 Å². The normalized spacial score (nSPS) is 10.6. The van der Waals surface area contributed by atoms with Crippen LogP contribution in [0.25, 0.3) is 21.9 Å². The molecule has 33 heavy (non-hydrogen) atoms. The van der Waals surface area contributed by atoms with Gasteiger partial charge in [0.25, 0.3) is 5.91 Å². The van der Waals surface area contributed by atoms with E-state index >= 15 is 0 Å². The lowest BCUT2D eigenvalue weighted by atomic mass is 9.92. The van der Waals surface area contributed by atoms with E-state index in [0.717, 1.165) is 10.8 Å². The highest BCUT2D eigenvalue weighted by Crippen LogP contribution is 2.35. The van der Waals surface area contributed by atoms with Crippen molar-refractivity contribution < 1.29 is 19.4 Å². The minimum Gasteiger partial charge on any atom is -0.496 e. The molecule has 0 atom stereocenters. The van der Waals surface area contributed by atoms with Gasteiger partial charge < -0.3 is 20.9 Å². The molecule has 0 saturated heterocycles. The van der Waals surface area contributed by atoms with Crippen LogP contribution in [-0.2, 0) is 0 Å². The van der Waals surface area contributed by atoms with Crippen LogP contribution in [0.1, 0.15) is 26.3 Å². The van der Waals surface area contributed by atoms with Crippen molar-refractivity contribution in [1.29, 1.82) is 5.41 Å². The fourth-order valence-electron chi connectivity index (χ4n) is 3.72. The Morgan fingerprint density at radius 3 is 2.30 bits per heavy atom. The molecular formula is C26H21N3O4. The second-order valence-electron chi connectivity index (χ2n) is 7.38. The van der Waals surface area contributed by atoms with E-state index in [9.17, 15) is 14.7 Å². The van der Waals surface area contributed by atoms with E-state index in [2.05, 4.69) is 5.32 Å². The maximum atomic E-state index is 13.4. The van der Waals surface area contributed by atoms with Gasteiger partial charge in [0, 0.05) is 22.2 Å². The number of hydrogen-bond acceptors (Lipinski definition) is 4. The van der Waals surface area contributed by atoms with Crippen molar-refractivity contribution in [2.24, 2.45) is 5.73 Å². The Morgan fingerprint density at radius 1 is 0.909 bits per heavy atom. The maximum Gasteiger partial charge on any atom is 0.336 e. The number of nitrogens with one attached hydrogen (secondary N) is 2. The van der Waals surface area contributed by atoms with Gasteiger partial charge in [-0.3, -0.25) is 10.2 Å². The predicted octanol–water partition coefficient (Wildman–Crippen LogP) is 4.75. The van der Waals surface area contributed by atoms with Crippen LogP contribution in [0.2, 0.25) is 0 Å². The second kappa shape index (κ2) is 8.84. The third kappa shape index (κ3) is 4.24. The number of carbonyl (C=O) groups is 2. The molecule has 5 N–H and O–H groups in total. The molecule has 0 aliphatic carbocycles. The molecule has 7 nitrogen and oxygen atoms in total. The molecule has 0 aliphatic heterocycles. The standard InChI is InChI=1S/C26H21N3O4/c1-33-23-8-4-5-16-13-21(18-6-2-3-7-19(18)26(31)32)22(14-20(16)23)25(30)29-17-11-9-15(10-12-17)24(27)28/h2-14H,1H3,(H3,27,28)(H,29,30)(H,31,32). The number of amides is 1. The van der Waals surface area contributed by atoms with Crippen molar-refractivity contribution in [2.45, 2.75) is 0 Å². The fraction of sp³-hybridized carbons (Fsp3) is 0.0385. The zero-order valence-electron chi connectivity index (χ0n) is 17.8. The molecule has 0 aromatic heterocycles. The SMILES string of the molecule is COc1cccc2cc(-c3ccccc3C(=O)O)c(C(=O)Nc3ccc(C(=N)N)cc3)cc12. The van der Waals surface area contributed by atoms with E-state index in [1.165, 1.54) is 6.07 Å². The summed E-state index contributed by atoms with van der Waals surface area (Å²) in [6, 6.07) is 22.2. The minimum absolute atomic E-state index is 0.0675. The first-order valence-corrected chi connectivity index (χ1v) is 10.1. The second-order valence-corrected chi connectivity index (χ2v) is 7.38. The summed E-state index contributed by atoms with van der Waals surface area (Å²) in [5.74, 6) is -0.955. The molecule has 0 heterocycles. The van der Waals surface area contributed by atoms with Crippen LogP contribution in [0.15, 0.2) is 78.9 Å². The third-order valence-corrected chi connectivity index (χ3v) is 5.34. The number of carbonyl (C=O) groups excluding carboxylic acids is 1. The number of ether oxygens (including phenoxy) is 1. The Labute approximate surface area is 189 Å². The molecule has 0 fully saturated rings. The molecule has 0 unspecified atom stereocenters. The number of amidine groups is 1. The van der Waals surface area contributed by atoms with E-state index in [-0.39, 0.29) is 11.4 Å². The molecule has 4 rings (SSSR count). The molecular weight excluding hydrogens is 418 g/mol. The Morgan fingerprint density at radius 2 is 1.64 bits per heavy atom. The monoisotopic (exact) mass is 439 g/mol. The number of benzene rings is 4. The molecule has 7 heteroatoms. The van der Waals surface area contributed by atoms with Crippen LogP contribution in [-0.4, -0.2) is 29.9 Å². The minimum atomic E-state index is -1.08. The van der Waals surface area contributed by atoms with Crippen LogP contribution in [0, 0.1) is 5.41 Å². The summed E-state index contributed by atoms with van der Waals surface area (Å²) >= 11 is 0. The van der Waals surface area contributed by atoms with Gasteiger partial charge in [-0.15, -0.1) is 0 Å². The molecule has 1 amide bonds. The highest BCUT2D eigenvalue weighted by Gasteiger charge is 2.20. The van der Waals surface area contributed by atoms with E-state index in [1.807, 2.05) is 12.1 Å². The van der Waals surface area contributed by atoms with Gasteiger partial charge in [-0.05, 0) is 65.0 Å². The Hall–Kier alpha value is -4.65. The molecule has 0 aliphatic rings. The fourth-order valence-corrected chi connectivity index (χ4v) is 3.72. The number of anilines is 1. The first kappa shape index (κ1) is 21.6. The predicted molar refractivity (Wildman–Crippen MR) is 128 cm³/mol. The zero-order chi connectivity index (χ0) is 23.5. The summed E-state index contributed by atoms with van der Waals surface area (Å²) in [5.41, 5.74) is 7.88. The van der Waals surface area contributed by atoms with E-state index in [4.69, 9.17) is 15.9 Å². The third-order valence-electron chi connectivity index (χ3n) is 5.34. The van der Waals surface area contributed by atoms with E-state index in [1.54, 1.807) is 67.8 Å². The first-order chi connectivity index (χ1) is 15.9. The van der Waals surface area contributed by atoms with Gasteiger partial charge >= 0.3 is 5.97 Å². The van der Waals surface area contributed by atoms with E-state index in [0.29, 0.717) is 33.7 Å². The highest BCUT2D eigenvalue weighted by atomic mass is 16.5. The number of aromatic carboxylic acids is 1. The summed E-state index contributed by atoms with van der Waals surface area (Å²) in [5, 5.41) is 21.6. The topological polar surface area (TPSA) is 125 Å².